The molecule has 116 valence electrons. The zero-order chi connectivity index (χ0) is 15.4. The SMILES string of the molecule is CCNC(C)c1ccc(OCC(=O)N(C)C2CC2)c(Cl)c1. The third kappa shape index (κ3) is 4.35. The van der Waals surface area contributed by atoms with Gasteiger partial charge in [-0.25, -0.2) is 0 Å². The Balaban J connectivity index is 1.92. The van der Waals surface area contributed by atoms with Crippen molar-refractivity contribution >= 4 is 17.5 Å². The first-order valence-electron chi connectivity index (χ1n) is 7.44. The Hall–Kier alpha value is -1.26. The summed E-state index contributed by atoms with van der Waals surface area (Å²) in [6.45, 7) is 5.09. The van der Waals surface area contributed by atoms with Gasteiger partial charge >= 0.3 is 0 Å². The van der Waals surface area contributed by atoms with Gasteiger partial charge in [0.2, 0.25) is 0 Å². The van der Waals surface area contributed by atoms with Gasteiger partial charge < -0.3 is 15.0 Å². The van der Waals surface area contributed by atoms with E-state index in [2.05, 4.69) is 19.2 Å². The first kappa shape index (κ1) is 16.1. The molecule has 0 aliphatic heterocycles. The number of hydrogen-bond donors (Lipinski definition) is 1. The number of halogens is 1. The van der Waals surface area contributed by atoms with E-state index < -0.39 is 0 Å². The van der Waals surface area contributed by atoms with E-state index in [4.69, 9.17) is 16.3 Å². The van der Waals surface area contributed by atoms with Crippen molar-refractivity contribution in [2.24, 2.45) is 0 Å². The summed E-state index contributed by atoms with van der Waals surface area (Å²) in [4.78, 5) is 13.7. The molecule has 1 saturated carbocycles. The molecule has 21 heavy (non-hydrogen) atoms. The molecule has 1 aromatic carbocycles. The third-order valence-corrected chi connectivity index (χ3v) is 4.10. The van der Waals surface area contributed by atoms with Gasteiger partial charge in [0, 0.05) is 19.1 Å². The number of nitrogens with one attached hydrogen (secondary N) is 1. The fourth-order valence-corrected chi connectivity index (χ4v) is 2.48. The molecule has 5 heteroatoms. The van der Waals surface area contributed by atoms with E-state index in [1.807, 2.05) is 25.2 Å². The van der Waals surface area contributed by atoms with E-state index >= 15 is 0 Å². The Labute approximate surface area is 131 Å². The Morgan fingerprint density at radius 1 is 1.52 bits per heavy atom. The van der Waals surface area contributed by atoms with E-state index in [1.165, 1.54) is 0 Å². The average Bonchev–Trinajstić information content (AvgIpc) is 3.29. The molecule has 2 rings (SSSR count). The number of nitrogens with zero attached hydrogens (tertiary/aromatic N) is 1. The molecule has 1 aliphatic carbocycles. The highest BCUT2D eigenvalue weighted by Gasteiger charge is 2.29. The van der Waals surface area contributed by atoms with Crippen molar-refractivity contribution in [3.63, 3.8) is 0 Å². The maximum Gasteiger partial charge on any atom is 0.260 e. The second kappa shape index (κ2) is 7.14. The van der Waals surface area contributed by atoms with Crippen LogP contribution in [0.5, 0.6) is 5.75 Å². The summed E-state index contributed by atoms with van der Waals surface area (Å²) in [6, 6.07) is 6.34. The van der Waals surface area contributed by atoms with Gasteiger partial charge in [0.05, 0.1) is 5.02 Å². The largest absolute Gasteiger partial charge is 0.482 e. The van der Waals surface area contributed by atoms with Crippen molar-refractivity contribution in [3.8, 4) is 5.75 Å². The monoisotopic (exact) mass is 310 g/mol. The highest BCUT2D eigenvalue weighted by atomic mass is 35.5. The number of carbonyl (C=O) groups excluding carboxylic acids is 1. The van der Waals surface area contributed by atoms with Gasteiger partial charge in [0.25, 0.3) is 5.91 Å². The van der Waals surface area contributed by atoms with Crippen molar-refractivity contribution in [2.45, 2.75) is 38.8 Å². The van der Waals surface area contributed by atoms with Crippen LogP contribution in [0.1, 0.15) is 38.3 Å². The van der Waals surface area contributed by atoms with Crippen LogP contribution in [0.3, 0.4) is 0 Å². The minimum absolute atomic E-state index is 0.00124. The standard InChI is InChI=1S/C16H23ClN2O2/c1-4-18-11(2)12-5-8-15(14(17)9-12)21-10-16(20)19(3)13-6-7-13/h5,8-9,11,13,18H,4,6-7,10H2,1-3H3. The van der Waals surface area contributed by atoms with Crippen molar-refractivity contribution in [2.75, 3.05) is 20.2 Å². The predicted molar refractivity (Wildman–Crippen MR) is 84.8 cm³/mol. The van der Waals surface area contributed by atoms with Gasteiger partial charge in [-0.15, -0.1) is 0 Å². The molecule has 0 heterocycles. The molecule has 0 radical (unpaired) electrons. The van der Waals surface area contributed by atoms with Crippen LogP contribution in [0, 0.1) is 0 Å². The molecule has 0 spiro atoms. The molecule has 1 aromatic rings. The fraction of sp³-hybridized carbons (Fsp3) is 0.562. The maximum absolute atomic E-state index is 11.9. The Morgan fingerprint density at radius 2 is 2.24 bits per heavy atom. The lowest BCUT2D eigenvalue weighted by molar-refractivity contribution is -0.132. The maximum atomic E-state index is 11.9. The van der Waals surface area contributed by atoms with Gasteiger partial charge in [-0.2, -0.15) is 0 Å². The quantitative estimate of drug-likeness (QED) is 0.841. The molecule has 4 nitrogen and oxygen atoms in total. The highest BCUT2D eigenvalue weighted by Crippen LogP contribution is 2.29. The fourth-order valence-electron chi connectivity index (χ4n) is 2.23. The van der Waals surface area contributed by atoms with Crippen LogP contribution in [0.4, 0.5) is 0 Å². The zero-order valence-corrected chi connectivity index (χ0v) is 13.6. The molecule has 0 bridgehead atoms. The van der Waals surface area contributed by atoms with E-state index in [0.29, 0.717) is 16.8 Å². The van der Waals surface area contributed by atoms with E-state index in [-0.39, 0.29) is 18.6 Å². The molecule has 1 atom stereocenters. The average molecular weight is 311 g/mol. The molecule has 1 N–H and O–H groups in total. The molecule has 0 saturated heterocycles. The Kier molecular flexibility index (Phi) is 5.48. The first-order chi connectivity index (χ1) is 10.0. The van der Waals surface area contributed by atoms with Crippen LogP contribution >= 0.6 is 11.6 Å². The molecule has 1 unspecified atom stereocenters. The minimum atomic E-state index is -0.00124. The van der Waals surface area contributed by atoms with E-state index in [9.17, 15) is 4.79 Å². The van der Waals surface area contributed by atoms with Crippen LogP contribution in [-0.4, -0.2) is 37.0 Å². The van der Waals surface area contributed by atoms with Crippen molar-refractivity contribution in [1.29, 1.82) is 0 Å². The van der Waals surface area contributed by atoms with Crippen LogP contribution in [0.2, 0.25) is 5.02 Å². The smallest absolute Gasteiger partial charge is 0.260 e. The van der Waals surface area contributed by atoms with Crippen molar-refractivity contribution in [3.05, 3.63) is 28.8 Å². The predicted octanol–water partition coefficient (Wildman–Crippen LogP) is 3.01. The van der Waals surface area contributed by atoms with Crippen LogP contribution in [0.15, 0.2) is 18.2 Å². The number of amides is 1. The highest BCUT2D eigenvalue weighted by molar-refractivity contribution is 6.32. The summed E-state index contributed by atoms with van der Waals surface area (Å²) in [5.41, 5.74) is 1.11. The number of rotatable bonds is 7. The summed E-state index contributed by atoms with van der Waals surface area (Å²) in [7, 11) is 1.83. The van der Waals surface area contributed by atoms with Gasteiger partial charge in [0.1, 0.15) is 5.75 Å². The van der Waals surface area contributed by atoms with E-state index in [1.54, 1.807) is 4.90 Å². The van der Waals surface area contributed by atoms with Gasteiger partial charge in [-0.05, 0) is 44.0 Å². The molecular formula is C16H23ClN2O2. The van der Waals surface area contributed by atoms with Crippen LogP contribution < -0.4 is 10.1 Å². The summed E-state index contributed by atoms with van der Waals surface area (Å²) in [5, 5.41) is 3.87. The number of ether oxygens (including phenoxy) is 1. The zero-order valence-electron chi connectivity index (χ0n) is 12.9. The molecule has 0 aromatic heterocycles. The number of carbonyl (C=O) groups is 1. The van der Waals surface area contributed by atoms with Crippen molar-refractivity contribution in [1.82, 2.24) is 10.2 Å². The minimum Gasteiger partial charge on any atom is -0.482 e. The lowest BCUT2D eigenvalue weighted by Gasteiger charge is -2.18. The summed E-state index contributed by atoms with van der Waals surface area (Å²) in [6.07, 6.45) is 2.19. The van der Waals surface area contributed by atoms with Crippen molar-refractivity contribution < 1.29 is 9.53 Å². The summed E-state index contributed by atoms with van der Waals surface area (Å²) in [5.74, 6) is 0.556. The molecule has 1 aliphatic rings. The Bertz CT molecular complexity index is 503. The third-order valence-electron chi connectivity index (χ3n) is 3.81. The molecule has 1 fully saturated rings. The lowest BCUT2D eigenvalue weighted by atomic mass is 10.1. The number of benzene rings is 1. The topological polar surface area (TPSA) is 41.6 Å². The van der Waals surface area contributed by atoms with Crippen LogP contribution in [-0.2, 0) is 4.79 Å². The Morgan fingerprint density at radius 3 is 2.81 bits per heavy atom. The summed E-state index contributed by atoms with van der Waals surface area (Å²) < 4.78 is 5.55. The van der Waals surface area contributed by atoms with Gasteiger partial charge in [0.15, 0.2) is 6.61 Å². The van der Waals surface area contributed by atoms with Gasteiger partial charge in [-0.1, -0.05) is 24.6 Å². The van der Waals surface area contributed by atoms with E-state index in [0.717, 1.165) is 24.9 Å². The second-order valence-electron chi connectivity index (χ2n) is 5.49. The number of hydrogen-bond acceptors (Lipinski definition) is 3. The molecular weight excluding hydrogens is 288 g/mol. The lowest BCUT2D eigenvalue weighted by Crippen LogP contribution is -2.33. The van der Waals surface area contributed by atoms with Gasteiger partial charge in [-0.3, -0.25) is 4.79 Å². The number of likely N-dealkylation sites (N-methyl/N-ethyl adjacent to an activating group) is 1. The normalized spacial score (nSPS) is 15.6. The molecule has 1 amide bonds. The second-order valence-corrected chi connectivity index (χ2v) is 5.90. The summed E-state index contributed by atoms with van der Waals surface area (Å²) >= 11 is 6.23. The first-order valence-corrected chi connectivity index (χ1v) is 7.82. The van der Waals surface area contributed by atoms with Crippen LogP contribution in [0.25, 0.3) is 0 Å².